The summed E-state index contributed by atoms with van der Waals surface area (Å²) in [4.78, 5) is 12.4. The molecule has 156 valence electrons. The van der Waals surface area contributed by atoms with Crippen LogP contribution in [-0.4, -0.2) is 33.5 Å². The van der Waals surface area contributed by atoms with Crippen molar-refractivity contribution in [3.8, 4) is 5.75 Å². The molecule has 0 fully saturated rings. The molecule has 8 heteroatoms. The van der Waals surface area contributed by atoms with Crippen LogP contribution >= 0.6 is 23.4 Å². The van der Waals surface area contributed by atoms with Crippen molar-refractivity contribution in [1.82, 2.24) is 14.8 Å². The minimum Gasteiger partial charge on any atom is -0.497 e. The number of carbonyl (C=O) groups is 1. The number of nitrogens with one attached hydrogen (secondary N) is 1. The first-order chi connectivity index (χ1) is 14.5. The van der Waals surface area contributed by atoms with E-state index in [2.05, 4.69) is 22.1 Å². The maximum Gasteiger partial charge on any atom is 0.234 e. The maximum absolute atomic E-state index is 12.4. The Morgan fingerprint density at radius 1 is 1.27 bits per heavy atom. The molecule has 0 radical (unpaired) electrons. The molecule has 0 aliphatic heterocycles. The lowest BCUT2D eigenvalue weighted by molar-refractivity contribution is -0.113. The molecule has 0 unspecified atom stereocenters. The normalized spacial score (nSPS) is 10.6. The van der Waals surface area contributed by atoms with Crippen LogP contribution in [0.15, 0.2) is 60.3 Å². The fraction of sp³-hybridized carbons (Fsp3) is 0.227. The number of anilines is 1. The number of amides is 1. The number of thioether (sulfide) groups is 1. The Labute approximate surface area is 185 Å². The largest absolute Gasteiger partial charge is 0.497 e. The van der Waals surface area contributed by atoms with Crippen molar-refractivity contribution in [1.29, 1.82) is 0 Å². The molecule has 3 aromatic rings. The third kappa shape index (κ3) is 5.64. The van der Waals surface area contributed by atoms with Gasteiger partial charge in [-0.3, -0.25) is 4.79 Å². The highest BCUT2D eigenvalue weighted by molar-refractivity contribution is 7.99. The van der Waals surface area contributed by atoms with Crippen molar-refractivity contribution >= 4 is 35.0 Å². The van der Waals surface area contributed by atoms with E-state index in [0.717, 1.165) is 28.4 Å². The van der Waals surface area contributed by atoms with E-state index in [1.165, 1.54) is 11.8 Å². The molecular weight excluding hydrogens is 420 g/mol. The highest BCUT2D eigenvalue weighted by Gasteiger charge is 2.14. The summed E-state index contributed by atoms with van der Waals surface area (Å²) in [5.41, 5.74) is 2.76. The van der Waals surface area contributed by atoms with E-state index in [1.54, 1.807) is 25.3 Å². The Morgan fingerprint density at radius 3 is 2.70 bits per heavy atom. The number of methoxy groups -OCH3 is 1. The van der Waals surface area contributed by atoms with E-state index >= 15 is 0 Å². The van der Waals surface area contributed by atoms with E-state index in [4.69, 9.17) is 16.3 Å². The van der Waals surface area contributed by atoms with Crippen molar-refractivity contribution in [2.24, 2.45) is 0 Å². The van der Waals surface area contributed by atoms with Crippen LogP contribution in [0.5, 0.6) is 5.75 Å². The average Bonchev–Trinajstić information content (AvgIpc) is 3.11. The Kier molecular flexibility index (Phi) is 7.54. The summed E-state index contributed by atoms with van der Waals surface area (Å²) in [5, 5.41) is 12.8. The predicted molar refractivity (Wildman–Crippen MR) is 122 cm³/mol. The van der Waals surface area contributed by atoms with Crippen LogP contribution in [0.1, 0.15) is 17.0 Å². The number of ether oxygens (including phenoxy) is 1. The topological polar surface area (TPSA) is 69.0 Å². The lowest BCUT2D eigenvalue weighted by atomic mass is 10.1. The summed E-state index contributed by atoms with van der Waals surface area (Å²) < 4.78 is 7.18. The van der Waals surface area contributed by atoms with E-state index in [-0.39, 0.29) is 11.7 Å². The van der Waals surface area contributed by atoms with Gasteiger partial charge < -0.3 is 14.6 Å². The van der Waals surface area contributed by atoms with Crippen LogP contribution in [0.2, 0.25) is 5.02 Å². The van der Waals surface area contributed by atoms with E-state index < -0.39 is 0 Å². The van der Waals surface area contributed by atoms with Crippen LogP contribution in [-0.2, 0) is 17.8 Å². The minimum atomic E-state index is -0.115. The van der Waals surface area contributed by atoms with Crippen molar-refractivity contribution < 1.29 is 9.53 Å². The van der Waals surface area contributed by atoms with Gasteiger partial charge in [0.1, 0.15) is 11.6 Å². The first-order valence-corrected chi connectivity index (χ1v) is 10.7. The quantitative estimate of drug-likeness (QED) is 0.382. The summed E-state index contributed by atoms with van der Waals surface area (Å²) in [7, 11) is 1.64. The first kappa shape index (κ1) is 21.9. The van der Waals surface area contributed by atoms with Gasteiger partial charge >= 0.3 is 0 Å². The van der Waals surface area contributed by atoms with Gasteiger partial charge in [0.15, 0.2) is 5.16 Å². The van der Waals surface area contributed by atoms with Gasteiger partial charge in [-0.05, 0) is 48.4 Å². The van der Waals surface area contributed by atoms with Gasteiger partial charge in [0.05, 0.1) is 12.9 Å². The number of allylic oxidation sites excluding steroid dienone is 1. The Hall–Kier alpha value is -2.77. The molecule has 0 aliphatic rings. The smallest absolute Gasteiger partial charge is 0.234 e. The average molecular weight is 443 g/mol. The van der Waals surface area contributed by atoms with Crippen LogP contribution < -0.4 is 10.1 Å². The Bertz CT molecular complexity index is 1030. The van der Waals surface area contributed by atoms with E-state index in [1.807, 2.05) is 41.8 Å². The number of nitrogens with zero attached hydrogens (tertiary/aromatic N) is 3. The third-order valence-corrected chi connectivity index (χ3v) is 5.62. The molecule has 0 saturated heterocycles. The number of hydrogen-bond acceptors (Lipinski definition) is 5. The van der Waals surface area contributed by atoms with Crippen LogP contribution in [0.3, 0.4) is 0 Å². The SMILES string of the molecule is C=CCn1c(Cc2ccc(OC)cc2)nnc1SCC(=O)Nc1ccc(Cl)cc1C. The van der Waals surface area contributed by atoms with Crippen molar-refractivity contribution in [2.75, 3.05) is 18.2 Å². The molecule has 1 heterocycles. The van der Waals surface area contributed by atoms with Gasteiger partial charge in [-0.1, -0.05) is 41.6 Å². The van der Waals surface area contributed by atoms with Crippen molar-refractivity contribution in [3.05, 3.63) is 77.1 Å². The molecule has 0 atom stereocenters. The van der Waals surface area contributed by atoms with Crippen LogP contribution in [0, 0.1) is 6.92 Å². The van der Waals surface area contributed by atoms with Crippen molar-refractivity contribution in [2.45, 2.75) is 25.0 Å². The number of carbonyl (C=O) groups excluding carboxylic acids is 1. The fourth-order valence-corrected chi connectivity index (χ4v) is 3.87. The molecule has 3 rings (SSSR count). The zero-order valence-corrected chi connectivity index (χ0v) is 18.5. The van der Waals surface area contributed by atoms with Crippen molar-refractivity contribution in [3.63, 3.8) is 0 Å². The molecule has 1 N–H and O–H groups in total. The molecule has 0 spiro atoms. The second kappa shape index (κ2) is 10.3. The molecule has 0 bridgehead atoms. The molecule has 0 saturated carbocycles. The first-order valence-electron chi connectivity index (χ1n) is 9.35. The third-order valence-electron chi connectivity index (χ3n) is 4.42. The number of halogens is 1. The number of aromatic nitrogens is 3. The molecule has 30 heavy (non-hydrogen) atoms. The number of aryl methyl sites for hydroxylation is 1. The zero-order valence-electron chi connectivity index (χ0n) is 16.9. The zero-order chi connectivity index (χ0) is 21.5. The summed E-state index contributed by atoms with van der Waals surface area (Å²) in [5.74, 6) is 1.73. The molecule has 2 aromatic carbocycles. The summed E-state index contributed by atoms with van der Waals surface area (Å²) in [6.07, 6.45) is 2.42. The minimum absolute atomic E-state index is 0.115. The maximum atomic E-state index is 12.4. The highest BCUT2D eigenvalue weighted by atomic mass is 35.5. The molecule has 6 nitrogen and oxygen atoms in total. The standard InChI is InChI=1S/C22H23ClN4O2S/c1-4-11-27-20(13-16-5-8-18(29-3)9-6-16)25-26-22(27)30-14-21(28)24-19-10-7-17(23)12-15(19)2/h4-10,12H,1,11,13-14H2,2-3H3,(H,24,28). The van der Waals surface area contributed by atoms with Gasteiger partial charge in [0.25, 0.3) is 0 Å². The van der Waals surface area contributed by atoms with Gasteiger partial charge in [-0.2, -0.15) is 0 Å². The van der Waals surface area contributed by atoms with Crippen LogP contribution in [0.25, 0.3) is 0 Å². The predicted octanol–water partition coefficient (Wildman–Crippen LogP) is 4.76. The molecule has 0 aliphatic carbocycles. The molecule has 1 aromatic heterocycles. The lowest BCUT2D eigenvalue weighted by Crippen LogP contribution is -2.15. The lowest BCUT2D eigenvalue weighted by Gasteiger charge is -2.10. The summed E-state index contributed by atoms with van der Waals surface area (Å²) in [6.45, 7) is 6.29. The fourth-order valence-electron chi connectivity index (χ4n) is 2.88. The molecular formula is C22H23ClN4O2S. The number of hydrogen-bond donors (Lipinski definition) is 1. The summed E-state index contributed by atoms with van der Waals surface area (Å²) >= 11 is 7.31. The van der Waals surface area contributed by atoms with Gasteiger partial charge in [0.2, 0.25) is 5.91 Å². The Morgan fingerprint density at radius 2 is 2.03 bits per heavy atom. The van der Waals surface area contributed by atoms with Gasteiger partial charge in [-0.25, -0.2) is 0 Å². The highest BCUT2D eigenvalue weighted by Crippen LogP contribution is 2.22. The summed E-state index contributed by atoms with van der Waals surface area (Å²) in [6, 6.07) is 13.2. The number of rotatable bonds is 9. The van der Waals surface area contributed by atoms with E-state index in [0.29, 0.717) is 23.1 Å². The Balaban J connectivity index is 1.66. The number of benzene rings is 2. The van der Waals surface area contributed by atoms with Crippen LogP contribution in [0.4, 0.5) is 5.69 Å². The molecule has 1 amide bonds. The van der Waals surface area contributed by atoms with Gasteiger partial charge in [-0.15, -0.1) is 16.8 Å². The van der Waals surface area contributed by atoms with E-state index in [9.17, 15) is 4.79 Å². The second-order valence-corrected chi connectivity index (χ2v) is 8.00. The monoisotopic (exact) mass is 442 g/mol. The second-order valence-electron chi connectivity index (χ2n) is 6.62. The van der Waals surface area contributed by atoms with Gasteiger partial charge in [0, 0.05) is 23.7 Å².